The van der Waals surface area contributed by atoms with Gasteiger partial charge in [0.1, 0.15) is 6.61 Å². The molecule has 6 nitrogen and oxygen atoms in total. The lowest BCUT2D eigenvalue weighted by Gasteiger charge is -2.28. The average molecular weight is 440 g/mol. The third kappa shape index (κ3) is 5.43. The van der Waals surface area contributed by atoms with Gasteiger partial charge in [-0.25, -0.2) is 23.7 Å². The summed E-state index contributed by atoms with van der Waals surface area (Å²) in [5.41, 5.74) is 1.94. The van der Waals surface area contributed by atoms with Gasteiger partial charge in [-0.15, -0.1) is 0 Å². The topological polar surface area (TPSA) is 68.2 Å². The number of amides is 1. The lowest BCUT2D eigenvalue weighted by atomic mass is 10.0. The van der Waals surface area contributed by atoms with Gasteiger partial charge in [0, 0.05) is 49.3 Å². The third-order valence-electron chi connectivity index (χ3n) is 5.06. The van der Waals surface area contributed by atoms with Crippen LogP contribution in [0.5, 0.6) is 5.88 Å². The van der Waals surface area contributed by atoms with Crippen molar-refractivity contribution in [2.45, 2.75) is 39.7 Å². The van der Waals surface area contributed by atoms with Gasteiger partial charge in [0.05, 0.1) is 11.6 Å². The first-order valence-electron chi connectivity index (χ1n) is 10.4. The van der Waals surface area contributed by atoms with Crippen LogP contribution >= 0.6 is 0 Å². The van der Waals surface area contributed by atoms with Crippen molar-refractivity contribution in [2.75, 3.05) is 13.2 Å². The molecular formula is C24H26F2N4O2. The fraction of sp³-hybridized carbons (Fsp3) is 0.333. The van der Waals surface area contributed by atoms with E-state index in [9.17, 15) is 13.6 Å². The summed E-state index contributed by atoms with van der Waals surface area (Å²) in [6, 6.07) is 9.72. The van der Waals surface area contributed by atoms with E-state index < -0.39 is 5.92 Å². The summed E-state index contributed by atoms with van der Waals surface area (Å²) < 4.78 is 32.4. The number of benzene rings is 1. The molecule has 0 bridgehead atoms. The van der Waals surface area contributed by atoms with Gasteiger partial charge < -0.3 is 9.64 Å². The summed E-state index contributed by atoms with van der Waals surface area (Å²) in [4.78, 5) is 27.7. The number of pyridine rings is 1. The molecule has 2 heterocycles. The van der Waals surface area contributed by atoms with Crippen LogP contribution in [0.4, 0.5) is 8.78 Å². The van der Waals surface area contributed by atoms with Gasteiger partial charge >= 0.3 is 0 Å². The Morgan fingerprint density at radius 2 is 1.88 bits per heavy atom. The van der Waals surface area contributed by atoms with Gasteiger partial charge in [-0.2, -0.15) is 0 Å². The molecule has 32 heavy (non-hydrogen) atoms. The zero-order chi connectivity index (χ0) is 23.3. The molecule has 1 atom stereocenters. The molecule has 0 N–H and O–H groups in total. The van der Waals surface area contributed by atoms with E-state index in [1.807, 2.05) is 39.0 Å². The van der Waals surface area contributed by atoms with Crippen LogP contribution in [-0.4, -0.2) is 45.0 Å². The van der Waals surface area contributed by atoms with Crippen LogP contribution in [0.15, 0.2) is 55.0 Å². The van der Waals surface area contributed by atoms with Gasteiger partial charge in [-0.1, -0.05) is 17.7 Å². The summed E-state index contributed by atoms with van der Waals surface area (Å²) in [5, 5.41) is 0. The number of hydrogen-bond donors (Lipinski definition) is 0. The summed E-state index contributed by atoms with van der Waals surface area (Å²) in [6.07, 6.45) is 4.37. The Morgan fingerprint density at radius 1 is 1.16 bits per heavy atom. The molecule has 0 saturated carbocycles. The monoisotopic (exact) mass is 440 g/mol. The highest BCUT2D eigenvalue weighted by Gasteiger charge is 2.26. The van der Waals surface area contributed by atoms with E-state index in [1.165, 1.54) is 12.1 Å². The van der Waals surface area contributed by atoms with Crippen molar-refractivity contribution in [3.8, 4) is 17.3 Å². The van der Waals surface area contributed by atoms with Crippen LogP contribution in [-0.2, 0) is 5.92 Å². The van der Waals surface area contributed by atoms with E-state index in [0.717, 1.165) is 18.7 Å². The average Bonchev–Trinajstić information content (AvgIpc) is 2.78. The van der Waals surface area contributed by atoms with Crippen molar-refractivity contribution < 1.29 is 18.3 Å². The number of ether oxygens (including phenoxy) is 1. The second-order valence-corrected chi connectivity index (χ2v) is 7.65. The highest BCUT2D eigenvalue weighted by atomic mass is 19.3. The fourth-order valence-electron chi connectivity index (χ4n) is 3.30. The van der Waals surface area contributed by atoms with E-state index in [0.29, 0.717) is 23.5 Å². The predicted molar refractivity (Wildman–Crippen MR) is 118 cm³/mol. The van der Waals surface area contributed by atoms with Crippen LogP contribution in [0.1, 0.15) is 42.3 Å². The van der Waals surface area contributed by atoms with Crippen molar-refractivity contribution in [1.29, 1.82) is 0 Å². The number of carbonyl (C=O) groups is 1. The maximum atomic E-state index is 13.4. The standard InChI is InChI=1S/C24H26F2N4O2/c1-5-30(17(3)15-32-21-10-8-18(14-29-21)24(4,25)26)23(31)20-13-16(2)7-9-19(20)22-27-11-6-12-28-22/h6-14,17H,5,15H2,1-4H3/t17-/m0/s1. The number of aryl methyl sites for hydroxylation is 1. The Morgan fingerprint density at radius 3 is 2.47 bits per heavy atom. The van der Waals surface area contributed by atoms with E-state index in [-0.39, 0.29) is 30.0 Å². The van der Waals surface area contributed by atoms with Crippen molar-refractivity contribution in [1.82, 2.24) is 19.9 Å². The number of nitrogens with zero attached hydrogens (tertiary/aromatic N) is 4. The largest absolute Gasteiger partial charge is 0.475 e. The predicted octanol–water partition coefficient (Wildman–Crippen LogP) is 4.89. The van der Waals surface area contributed by atoms with E-state index in [1.54, 1.807) is 23.4 Å². The zero-order valence-electron chi connectivity index (χ0n) is 18.5. The minimum atomic E-state index is -2.96. The molecule has 1 aromatic carbocycles. The molecule has 2 aromatic heterocycles. The maximum absolute atomic E-state index is 13.4. The molecule has 0 spiro atoms. The normalized spacial score (nSPS) is 12.3. The third-order valence-corrected chi connectivity index (χ3v) is 5.06. The lowest BCUT2D eigenvalue weighted by Crippen LogP contribution is -2.42. The number of carbonyl (C=O) groups excluding carboxylic acids is 1. The first kappa shape index (κ1) is 23.2. The smallest absolute Gasteiger partial charge is 0.272 e. The van der Waals surface area contributed by atoms with Crippen molar-refractivity contribution >= 4 is 5.91 Å². The molecular weight excluding hydrogens is 414 g/mol. The number of halogens is 2. The Bertz CT molecular complexity index is 1050. The second-order valence-electron chi connectivity index (χ2n) is 7.65. The molecule has 0 saturated heterocycles. The molecule has 0 aliphatic carbocycles. The number of aromatic nitrogens is 3. The van der Waals surface area contributed by atoms with Gasteiger partial charge in [0.2, 0.25) is 5.88 Å². The van der Waals surface area contributed by atoms with Crippen LogP contribution < -0.4 is 4.74 Å². The summed E-state index contributed by atoms with van der Waals surface area (Å²) in [7, 11) is 0. The van der Waals surface area contributed by atoms with E-state index in [4.69, 9.17) is 4.74 Å². The molecule has 168 valence electrons. The quantitative estimate of drug-likeness (QED) is 0.499. The van der Waals surface area contributed by atoms with Gasteiger partial charge in [0.25, 0.3) is 11.8 Å². The lowest BCUT2D eigenvalue weighted by molar-refractivity contribution is 0.0169. The molecule has 0 aliphatic rings. The van der Waals surface area contributed by atoms with Crippen LogP contribution in [0.2, 0.25) is 0 Å². The number of alkyl halides is 2. The van der Waals surface area contributed by atoms with Crippen molar-refractivity contribution in [3.63, 3.8) is 0 Å². The Kier molecular flexibility index (Phi) is 7.12. The van der Waals surface area contributed by atoms with E-state index >= 15 is 0 Å². The van der Waals surface area contributed by atoms with Crippen LogP contribution in [0.25, 0.3) is 11.4 Å². The van der Waals surface area contributed by atoms with Crippen LogP contribution in [0, 0.1) is 6.92 Å². The molecule has 3 aromatic rings. The highest BCUT2D eigenvalue weighted by Crippen LogP contribution is 2.27. The van der Waals surface area contributed by atoms with Crippen molar-refractivity contribution in [3.05, 3.63) is 71.7 Å². The van der Waals surface area contributed by atoms with Gasteiger partial charge in [-0.3, -0.25) is 4.79 Å². The molecule has 1 amide bonds. The molecule has 0 aliphatic heterocycles. The molecule has 3 rings (SSSR count). The number of hydrogen-bond acceptors (Lipinski definition) is 5. The summed E-state index contributed by atoms with van der Waals surface area (Å²) in [6.45, 7) is 7.11. The molecule has 0 unspecified atom stereocenters. The highest BCUT2D eigenvalue weighted by molar-refractivity contribution is 6.00. The number of likely N-dealkylation sites (N-methyl/N-ethyl adjacent to an activating group) is 1. The Labute approximate surface area is 186 Å². The van der Waals surface area contributed by atoms with E-state index in [2.05, 4.69) is 15.0 Å². The maximum Gasteiger partial charge on any atom is 0.272 e. The first-order valence-corrected chi connectivity index (χ1v) is 10.4. The summed E-state index contributed by atoms with van der Waals surface area (Å²) >= 11 is 0. The molecule has 0 fully saturated rings. The number of rotatable bonds is 8. The minimum Gasteiger partial charge on any atom is -0.475 e. The second kappa shape index (κ2) is 9.80. The fourth-order valence-corrected chi connectivity index (χ4v) is 3.30. The summed E-state index contributed by atoms with van der Waals surface area (Å²) in [5.74, 6) is -2.42. The van der Waals surface area contributed by atoms with Gasteiger partial charge in [-0.05, 0) is 39.0 Å². The molecule has 8 heteroatoms. The Balaban J connectivity index is 1.77. The van der Waals surface area contributed by atoms with Gasteiger partial charge in [0.15, 0.2) is 5.82 Å². The Hall–Kier alpha value is -3.42. The minimum absolute atomic E-state index is 0.163. The first-order chi connectivity index (χ1) is 15.2. The van der Waals surface area contributed by atoms with Crippen molar-refractivity contribution in [2.24, 2.45) is 0 Å². The SMILES string of the molecule is CCN(C(=O)c1cc(C)ccc1-c1ncccn1)[C@@H](C)COc1ccc(C(C)(F)F)cn1. The molecule has 0 radical (unpaired) electrons. The zero-order valence-corrected chi connectivity index (χ0v) is 18.5. The van der Waals surface area contributed by atoms with Crippen LogP contribution in [0.3, 0.4) is 0 Å².